The quantitative estimate of drug-likeness (QED) is 0.575. The lowest BCUT2D eigenvalue weighted by atomic mass is 9.94. The van der Waals surface area contributed by atoms with Crippen molar-refractivity contribution >= 4 is 0 Å². The summed E-state index contributed by atoms with van der Waals surface area (Å²) in [4.78, 5) is 0. The van der Waals surface area contributed by atoms with E-state index in [-0.39, 0.29) is 6.04 Å². The van der Waals surface area contributed by atoms with Crippen molar-refractivity contribution in [3.8, 4) is 0 Å². The molecule has 0 amide bonds. The van der Waals surface area contributed by atoms with E-state index < -0.39 is 5.60 Å². The van der Waals surface area contributed by atoms with Gasteiger partial charge in [-0.25, -0.2) is 0 Å². The average Bonchev–Trinajstić information content (AvgIpc) is 1.98. The first-order chi connectivity index (χ1) is 5.87. The van der Waals surface area contributed by atoms with Crippen LogP contribution in [0.5, 0.6) is 0 Å². The fourth-order valence-electron chi connectivity index (χ4n) is 1.43. The van der Waals surface area contributed by atoms with E-state index >= 15 is 0 Å². The predicted molar refractivity (Wildman–Crippen MR) is 56.6 cm³/mol. The normalized spacial score (nSPS) is 18.7. The highest BCUT2D eigenvalue weighted by Gasteiger charge is 2.21. The standard InChI is InChI=1S/C10H24N2O/c1-8(2)5-10(4,13)7-12-9(3)6-11/h8-9,12-13H,5-7,11H2,1-4H3. The Bertz CT molecular complexity index is 135. The number of hydrogen-bond acceptors (Lipinski definition) is 3. The van der Waals surface area contributed by atoms with Crippen LogP contribution in [0.25, 0.3) is 0 Å². The van der Waals surface area contributed by atoms with Crippen LogP contribution in [0.2, 0.25) is 0 Å². The maximum atomic E-state index is 9.93. The molecule has 0 aliphatic rings. The summed E-state index contributed by atoms with van der Waals surface area (Å²) in [6, 6.07) is 0.277. The molecule has 2 atom stereocenters. The van der Waals surface area contributed by atoms with Gasteiger partial charge >= 0.3 is 0 Å². The Morgan fingerprint density at radius 3 is 2.31 bits per heavy atom. The van der Waals surface area contributed by atoms with Gasteiger partial charge in [0.25, 0.3) is 0 Å². The molecule has 0 bridgehead atoms. The first kappa shape index (κ1) is 12.9. The second-order valence-corrected chi connectivity index (χ2v) is 4.61. The molecule has 0 aromatic heterocycles. The number of nitrogens with two attached hydrogens (primary N) is 1. The molecule has 3 heteroatoms. The lowest BCUT2D eigenvalue weighted by Crippen LogP contribution is -2.44. The van der Waals surface area contributed by atoms with Gasteiger partial charge in [-0.05, 0) is 26.2 Å². The van der Waals surface area contributed by atoms with Crippen LogP contribution in [0.3, 0.4) is 0 Å². The lowest BCUT2D eigenvalue weighted by Gasteiger charge is -2.27. The second kappa shape index (κ2) is 5.58. The van der Waals surface area contributed by atoms with Gasteiger partial charge in [0, 0.05) is 19.1 Å². The molecule has 0 aromatic rings. The predicted octanol–water partition coefficient (Wildman–Crippen LogP) is 0.720. The molecule has 0 rings (SSSR count). The van der Waals surface area contributed by atoms with Gasteiger partial charge in [0.15, 0.2) is 0 Å². The molecule has 0 aliphatic carbocycles. The van der Waals surface area contributed by atoms with Gasteiger partial charge in [0.2, 0.25) is 0 Å². The maximum Gasteiger partial charge on any atom is 0.0746 e. The molecule has 0 saturated heterocycles. The van der Waals surface area contributed by atoms with Crippen LogP contribution in [0.1, 0.15) is 34.1 Å². The van der Waals surface area contributed by atoms with E-state index in [1.54, 1.807) is 0 Å². The Morgan fingerprint density at radius 1 is 1.38 bits per heavy atom. The molecule has 0 fully saturated rings. The molecule has 0 saturated carbocycles. The SMILES string of the molecule is CC(C)CC(C)(O)CNC(C)CN. The van der Waals surface area contributed by atoms with Crippen molar-refractivity contribution in [2.75, 3.05) is 13.1 Å². The zero-order chi connectivity index (χ0) is 10.5. The summed E-state index contributed by atoms with van der Waals surface area (Å²) in [7, 11) is 0. The van der Waals surface area contributed by atoms with Crippen LogP contribution in [0, 0.1) is 5.92 Å². The third-order valence-electron chi connectivity index (χ3n) is 2.03. The first-order valence-electron chi connectivity index (χ1n) is 5.03. The van der Waals surface area contributed by atoms with Crippen molar-refractivity contribution in [2.24, 2.45) is 11.7 Å². The van der Waals surface area contributed by atoms with Crippen LogP contribution in [0.15, 0.2) is 0 Å². The number of aliphatic hydroxyl groups is 1. The monoisotopic (exact) mass is 188 g/mol. The summed E-state index contributed by atoms with van der Waals surface area (Å²) in [5, 5.41) is 13.1. The summed E-state index contributed by atoms with van der Waals surface area (Å²) in [5.74, 6) is 0.519. The van der Waals surface area contributed by atoms with E-state index in [9.17, 15) is 5.11 Å². The third-order valence-corrected chi connectivity index (χ3v) is 2.03. The molecule has 80 valence electrons. The largest absolute Gasteiger partial charge is 0.389 e. The topological polar surface area (TPSA) is 58.3 Å². The summed E-state index contributed by atoms with van der Waals surface area (Å²) in [6.07, 6.45) is 0.817. The summed E-state index contributed by atoms with van der Waals surface area (Å²) >= 11 is 0. The van der Waals surface area contributed by atoms with Gasteiger partial charge in [-0.2, -0.15) is 0 Å². The molecule has 0 radical (unpaired) electrons. The summed E-state index contributed by atoms with van der Waals surface area (Å²) in [5.41, 5.74) is 4.85. The Hall–Kier alpha value is -0.120. The fourth-order valence-corrected chi connectivity index (χ4v) is 1.43. The Labute approximate surface area is 81.7 Å². The van der Waals surface area contributed by atoms with Crippen LogP contribution in [-0.2, 0) is 0 Å². The molecule has 0 aromatic carbocycles. The molecule has 0 spiro atoms. The van der Waals surface area contributed by atoms with E-state index in [1.807, 2.05) is 13.8 Å². The Balaban J connectivity index is 3.74. The van der Waals surface area contributed by atoms with Crippen molar-refractivity contribution in [1.82, 2.24) is 5.32 Å². The molecule has 2 unspecified atom stereocenters. The highest BCUT2D eigenvalue weighted by atomic mass is 16.3. The zero-order valence-electron chi connectivity index (χ0n) is 9.30. The van der Waals surface area contributed by atoms with Gasteiger partial charge in [-0.1, -0.05) is 13.8 Å². The summed E-state index contributed by atoms with van der Waals surface area (Å²) in [6.45, 7) is 9.33. The van der Waals surface area contributed by atoms with Crippen molar-refractivity contribution in [2.45, 2.75) is 45.8 Å². The fraction of sp³-hybridized carbons (Fsp3) is 1.00. The number of hydrogen-bond donors (Lipinski definition) is 3. The van der Waals surface area contributed by atoms with E-state index in [1.165, 1.54) is 0 Å². The van der Waals surface area contributed by atoms with Crippen molar-refractivity contribution < 1.29 is 5.11 Å². The number of rotatable bonds is 6. The Kier molecular flexibility index (Phi) is 5.53. The highest BCUT2D eigenvalue weighted by Crippen LogP contribution is 2.14. The summed E-state index contributed by atoms with van der Waals surface area (Å²) < 4.78 is 0. The molecule has 0 aliphatic heterocycles. The van der Waals surface area contributed by atoms with Crippen LogP contribution >= 0.6 is 0 Å². The minimum Gasteiger partial charge on any atom is -0.389 e. The smallest absolute Gasteiger partial charge is 0.0746 e. The van der Waals surface area contributed by atoms with Gasteiger partial charge in [-0.3, -0.25) is 0 Å². The molecule has 3 nitrogen and oxygen atoms in total. The van der Waals surface area contributed by atoms with Gasteiger partial charge in [-0.15, -0.1) is 0 Å². The van der Waals surface area contributed by atoms with Gasteiger partial charge in [0.1, 0.15) is 0 Å². The zero-order valence-corrected chi connectivity index (χ0v) is 9.30. The van der Waals surface area contributed by atoms with E-state index in [4.69, 9.17) is 5.73 Å². The minimum atomic E-state index is -0.613. The van der Waals surface area contributed by atoms with Crippen molar-refractivity contribution in [3.63, 3.8) is 0 Å². The molecular formula is C10H24N2O. The van der Waals surface area contributed by atoms with Crippen LogP contribution in [0.4, 0.5) is 0 Å². The molecule has 0 heterocycles. The van der Waals surface area contributed by atoms with E-state index in [2.05, 4.69) is 19.2 Å². The molecular weight excluding hydrogens is 164 g/mol. The molecule has 4 N–H and O–H groups in total. The average molecular weight is 188 g/mol. The Morgan fingerprint density at radius 2 is 1.92 bits per heavy atom. The second-order valence-electron chi connectivity index (χ2n) is 4.61. The van der Waals surface area contributed by atoms with Crippen molar-refractivity contribution in [1.29, 1.82) is 0 Å². The minimum absolute atomic E-state index is 0.277. The third kappa shape index (κ3) is 6.99. The van der Waals surface area contributed by atoms with E-state index in [0.717, 1.165) is 6.42 Å². The van der Waals surface area contributed by atoms with Gasteiger partial charge < -0.3 is 16.2 Å². The number of nitrogens with one attached hydrogen (secondary N) is 1. The van der Waals surface area contributed by atoms with Crippen LogP contribution in [-0.4, -0.2) is 29.8 Å². The van der Waals surface area contributed by atoms with E-state index in [0.29, 0.717) is 19.0 Å². The molecule has 13 heavy (non-hydrogen) atoms. The first-order valence-corrected chi connectivity index (χ1v) is 5.03. The van der Waals surface area contributed by atoms with Crippen LogP contribution < -0.4 is 11.1 Å². The van der Waals surface area contributed by atoms with Crippen molar-refractivity contribution in [3.05, 3.63) is 0 Å². The highest BCUT2D eigenvalue weighted by molar-refractivity contribution is 4.78. The lowest BCUT2D eigenvalue weighted by molar-refractivity contribution is 0.0366. The maximum absolute atomic E-state index is 9.93. The van der Waals surface area contributed by atoms with Gasteiger partial charge in [0.05, 0.1) is 5.60 Å².